The molecule has 1 N–H and O–H groups in total. The minimum atomic E-state index is -0.00605. The van der Waals surface area contributed by atoms with Gasteiger partial charge in [0.25, 0.3) is 5.91 Å². The molecule has 1 amide bonds. The number of pyridine rings is 1. The number of carbonyl (C=O) groups is 1. The average Bonchev–Trinajstić information content (AvgIpc) is 3.17. The second-order valence-electron chi connectivity index (χ2n) is 9.21. The molecule has 2 saturated heterocycles. The lowest BCUT2D eigenvalue weighted by atomic mass is 9.97. The van der Waals surface area contributed by atoms with Gasteiger partial charge in [0.1, 0.15) is 0 Å². The van der Waals surface area contributed by atoms with Crippen molar-refractivity contribution in [3.63, 3.8) is 0 Å². The quantitative estimate of drug-likeness (QED) is 0.695. The molecular weight excluding hydrogens is 386 g/mol. The maximum absolute atomic E-state index is 13.5. The fourth-order valence-corrected chi connectivity index (χ4v) is 5.42. The third-order valence-electron chi connectivity index (χ3n) is 7.20. The zero-order valence-corrected chi connectivity index (χ0v) is 18.9. The molecule has 0 saturated carbocycles. The van der Waals surface area contributed by atoms with E-state index in [1.165, 1.54) is 18.4 Å². The summed E-state index contributed by atoms with van der Waals surface area (Å²) >= 11 is 0. The van der Waals surface area contributed by atoms with Gasteiger partial charge in [-0.05, 0) is 59.6 Å². The highest BCUT2D eigenvalue weighted by Gasteiger charge is 2.39. The molecule has 0 spiro atoms. The van der Waals surface area contributed by atoms with Crippen molar-refractivity contribution in [1.82, 2.24) is 25.0 Å². The number of hydrogen-bond acceptors (Lipinski definition) is 4. The van der Waals surface area contributed by atoms with Gasteiger partial charge in [-0.2, -0.15) is 5.10 Å². The van der Waals surface area contributed by atoms with E-state index >= 15 is 0 Å². The largest absolute Gasteiger partial charge is 0.349 e. The minimum Gasteiger partial charge on any atom is -0.349 e. The number of benzene rings is 1. The molecule has 2 aliphatic heterocycles. The van der Waals surface area contributed by atoms with Crippen LogP contribution in [0.2, 0.25) is 0 Å². The molecular formula is C25H31N5O. The molecule has 0 unspecified atom stereocenters. The summed E-state index contributed by atoms with van der Waals surface area (Å²) in [7, 11) is 2.23. The predicted octanol–water partition coefficient (Wildman–Crippen LogP) is 4.09. The molecule has 2 aromatic heterocycles. The molecule has 1 aromatic carbocycles. The third-order valence-corrected chi connectivity index (χ3v) is 7.20. The van der Waals surface area contributed by atoms with Crippen molar-refractivity contribution in [3.05, 3.63) is 47.2 Å². The Morgan fingerprint density at radius 3 is 2.45 bits per heavy atom. The fraction of sp³-hybridized carbons (Fsp3) is 0.480. The molecule has 162 valence electrons. The Balaban J connectivity index is 1.54. The smallest absolute Gasteiger partial charge is 0.252 e. The summed E-state index contributed by atoms with van der Waals surface area (Å²) in [6.45, 7) is 6.81. The zero-order chi connectivity index (χ0) is 21.7. The summed E-state index contributed by atoms with van der Waals surface area (Å²) in [6, 6.07) is 11.7. The van der Waals surface area contributed by atoms with Crippen LogP contribution in [0.4, 0.5) is 0 Å². The highest BCUT2D eigenvalue weighted by atomic mass is 16.1. The van der Waals surface area contributed by atoms with Crippen LogP contribution < -0.4 is 5.32 Å². The average molecular weight is 418 g/mol. The number of nitrogens with one attached hydrogen (secondary N) is 1. The highest BCUT2D eigenvalue weighted by Crippen LogP contribution is 2.34. The van der Waals surface area contributed by atoms with Crippen LogP contribution >= 0.6 is 0 Å². The number of aryl methyl sites for hydroxylation is 3. The van der Waals surface area contributed by atoms with Crippen LogP contribution in [-0.4, -0.2) is 50.7 Å². The first-order chi connectivity index (χ1) is 14.9. The lowest BCUT2D eigenvalue weighted by Gasteiger charge is -2.36. The third kappa shape index (κ3) is 3.53. The van der Waals surface area contributed by atoms with E-state index in [0.29, 0.717) is 24.2 Å². The Bertz CT molecular complexity index is 1120. The number of amides is 1. The van der Waals surface area contributed by atoms with Crippen LogP contribution in [0.15, 0.2) is 30.3 Å². The van der Waals surface area contributed by atoms with Crippen molar-refractivity contribution >= 4 is 16.9 Å². The van der Waals surface area contributed by atoms with E-state index in [1.54, 1.807) is 0 Å². The zero-order valence-electron chi connectivity index (χ0n) is 18.9. The van der Waals surface area contributed by atoms with Crippen LogP contribution in [0.1, 0.15) is 54.2 Å². The number of hydrogen-bond donors (Lipinski definition) is 1. The molecule has 5 rings (SSSR count). The van der Waals surface area contributed by atoms with E-state index in [0.717, 1.165) is 40.8 Å². The number of piperidine rings is 1. The summed E-state index contributed by atoms with van der Waals surface area (Å²) in [5.41, 5.74) is 5.36. The normalized spacial score (nSPS) is 23.4. The van der Waals surface area contributed by atoms with E-state index in [9.17, 15) is 4.79 Å². The summed E-state index contributed by atoms with van der Waals surface area (Å²) < 4.78 is 1.90. The maximum Gasteiger partial charge on any atom is 0.252 e. The fourth-order valence-electron chi connectivity index (χ4n) is 5.42. The number of nitrogens with zero attached hydrogens (tertiary/aromatic N) is 4. The molecule has 6 heteroatoms. The van der Waals surface area contributed by atoms with E-state index in [-0.39, 0.29) is 11.9 Å². The van der Waals surface area contributed by atoms with Gasteiger partial charge in [0.05, 0.1) is 22.3 Å². The Hall–Kier alpha value is -2.73. The van der Waals surface area contributed by atoms with Gasteiger partial charge in [0.15, 0.2) is 5.65 Å². The van der Waals surface area contributed by atoms with Crippen LogP contribution in [0, 0.1) is 13.8 Å². The SMILES string of the molecule is CCn1nc(C)c2c(C(=O)NC3C[C@@H]4CC[C@@H](C3)N4C)cc(-c3ccc(C)cc3)nc21. The second kappa shape index (κ2) is 7.75. The van der Waals surface area contributed by atoms with E-state index < -0.39 is 0 Å². The first-order valence-electron chi connectivity index (χ1n) is 11.4. The van der Waals surface area contributed by atoms with Gasteiger partial charge < -0.3 is 10.2 Å². The van der Waals surface area contributed by atoms with Crippen molar-refractivity contribution in [3.8, 4) is 11.3 Å². The summed E-state index contributed by atoms with van der Waals surface area (Å²) in [4.78, 5) is 21.0. The molecule has 2 atom stereocenters. The van der Waals surface area contributed by atoms with Crippen molar-refractivity contribution < 1.29 is 4.79 Å². The molecule has 2 aliphatic rings. The van der Waals surface area contributed by atoms with Crippen molar-refractivity contribution in [2.45, 2.75) is 71.1 Å². The van der Waals surface area contributed by atoms with Crippen molar-refractivity contribution in [2.24, 2.45) is 0 Å². The van der Waals surface area contributed by atoms with Crippen LogP contribution in [0.25, 0.3) is 22.3 Å². The van der Waals surface area contributed by atoms with Crippen LogP contribution in [0.5, 0.6) is 0 Å². The second-order valence-corrected chi connectivity index (χ2v) is 9.21. The summed E-state index contributed by atoms with van der Waals surface area (Å²) in [5, 5.41) is 8.89. The van der Waals surface area contributed by atoms with Gasteiger partial charge in [-0.15, -0.1) is 0 Å². The highest BCUT2D eigenvalue weighted by molar-refractivity contribution is 6.07. The van der Waals surface area contributed by atoms with E-state index in [4.69, 9.17) is 4.98 Å². The van der Waals surface area contributed by atoms with Gasteiger partial charge in [-0.1, -0.05) is 29.8 Å². The van der Waals surface area contributed by atoms with Crippen LogP contribution in [-0.2, 0) is 6.54 Å². The van der Waals surface area contributed by atoms with Gasteiger partial charge in [0.2, 0.25) is 0 Å². The molecule has 3 aromatic rings. The molecule has 0 radical (unpaired) electrons. The Morgan fingerprint density at radius 2 is 1.81 bits per heavy atom. The molecule has 6 nitrogen and oxygen atoms in total. The predicted molar refractivity (Wildman–Crippen MR) is 123 cm³/mol. The summed E-state index contributed by atoms with van der Waals surface area (Å²) in [5.74, 6) is -0.00605. The molecule has 31 heavy (non-hydrogen) atoms. The first kappa shape index (κ1) is 20.2. The molecule has 2 bridgehead atoms. The Morgan fingerprint density at radius 1 is 1.13 bits per heavy atom. The Kier molecular flexibility index (Phi) is 5.05. The lowest BCUT2D eigenvalue weighted by molar-refractivity contribution is 0.0884. The first-order valence-corrected chi connectivity index (χ1v) is 11.4. The van der Waals surface area contributed by atoms with Crippen molar-refractivity contribution in [2.75, 3.05) is 7.05 Å². The monoisotopic (exact) mass is 417 g/mol. The maximum atomic E-state index is 13.5. The number of aromatic nitrogens is 3. The topological polar surface area (TPSA) is 63.1 Å². The summed E-state index contributed by atoms with van der Waals surface area (Å²) in [6.07, 6.45) is 4.55. The van der Waals surface area contributed by atoms with E-state index in [2.05, 4.69) is 60.5 Å². The van der Waals surface area contributed by atoms with Gasteiger partial charge in [-0.3, -0.25) is 4.79 Å². The minimum absolute atomic E-state index is 0.00605. The number of rotatable bonds is 4. The van der Waals surface area contributed by atoms with Crippen molar-refractivity contribution in [1.29, 1.82) is 0 Å². The number of carbonyl (C=O) groups excluding carboxylic acids is 1. The van der Waals surface area contributed by atoms with E-state index in [1.807, 2.05) is 17.7 Å². The van der Waals surface area contributed by atoms with Gasteiger partial charge >= 0.3 is 0 Å². The Labute approximate surface area is 183 Å². The molecule has 0 aliphatic carbocycles. The molecule has 4 heterocycles. The van der Waals surface area contributed by atoms with Gasteiger partial charge in [-0.25, -0.2) is 9.67 Å². The number of fused-ring (bicyclic) bond motifs is 3. The lowest BCUT2D eigenvalue weighted by Crippen LogP contribution is -2.48. The molecule has 2 fully saturated rings. The standard InChI is InChI=1S/C25H31N5O/c1-5-30-24-23(16(3)28-30)21(14-22(27-24)17-8-6-15(2)7-9-17)25(31)26-18-12-19-10-11-20(13-18)29(19)4/h6-9,14,18-20H,5,10-13H2,1-4H3,(H,26,31)/t19-,20-/m0/s1. The van der Waals surface area contributed by atoms with Gasteiger partial charge in [0, 0.05) is 30.2 Å². The van der Waals surface area contributed by atoms with Crippen LogP contribution in [0.3, 0.4) is 0 Å².